The number of amides is 3. The van der Waals surface area contributed by atoms with Gasteiger partial charge in [0.25, 0.3) is 0 Å². The van der Waals surface area contributed by atoms with Gasteiger partial charge in [-0.25, -0.2) is 0 Å². The van der Waals surface area contributed by atoms with Crippen LogP contribution in [0, 0.1) is 12.8 Å². The van der Waals surface area contributed by atoms with E-state index in [0.29, 0.717) is 5.69 Å². The Kier molecular flexibility index (Phi) is 4.89. The summed E-state index contributed by atoms with van der Waals surface area (Å²) in [4.78, 5) is 40.1. The second kappa shape index (κ2) is 7.33. The van der Waals surface area contributed by atoms with Crippen LogP contribution in [0.25, 0.3) is 0 Å². The molecule has 6 nitrogen and oxygen atoms in total. The van der Waals surface area contributed by atoms with Crippen molar-refractivity contribution in [2.45, 2.75) is 70.0 Å². The summed E-state index contributed by atoms with van der Waals surface area (Å²) in [6.07, 6.45) is 5.75. The number of aryl methyl sites for hydroxylation is 1. The van der Waals surface area contributed by atoms with Gasteiger partial charge < -0.3 is 15.5 Å². The molecule has 1 aromatic carbocycles. The normalized spacial score (nSPS) is 27.5. The van der Waals surface area contributed by atoms with Crippen LogP contribution in [-0.2, 0) is 14.4 Å². The number of hydrogen-bond donors (Lipinski definition) is 2. The number of fused-ring (bicyclic) bond motifs is 1. The first-order chi connectivity index (χ1) is 13.0. The van der Waals surface area contributed by atoms with Crippen molar-refractivity contribution >= 4 is 23.4 Å². The largest absolute Gasteiger partial charge is 0.349 e. The lowest BCUT2D eigenvalue weighted by molar-refractivity contribution is -0.152. The van der Waals surface area contributed by atoms with Crippen molar-refractivity contribution in [3.05, 3.63) is 29.8 Å². The Labute approximate surface area is 159 Å². The zero-order chi connectivity index (χ0) is 19.0. The molecule has 4 rings (SSSR count). The number of carbonyl (C=O) groups excluding carboxylic acids is 3. The highest BCUT2D eigenvalue weighted by atomic mass is 16.2. The minimum Gasteiger partial charge on any atom is -0.349 e. The summed E-state index contributed by atoms with van der Waals surface area (Å²) < 4.78 is 0. The predicted molar refractivity (Wildman–Crippen MR) is 102 cm³/mol. The number of nitrogens with zero attached hydrogens (tertiary/aromatic N) is 1. The fraction of sp³-hybridized carbons (Fsp3) is 0.571. The molecule has 2 saturated carbocycles. The molecule has 1 aromatic rings. The molecule has 0 aromatic heterocycles. The van der Waals surface area contributed by atoms with Crippen LogP contribution in [-0.4, -0.2) is 40.7 Å². The number of benzene rings is 1. The smallest absolute Gasteiger partial charge is 0.243 e. The maximum atomic E-state index is 13.0. The molecule has 2 aliphatic carbocycles. The molecule has 6 heteroatoms. The van der Waals surface area contributed by atoms with E-state index in [9.17, 15) is 14.4 Å². The Morgan fingerprint density at radius 2 is 1.96 bits per heavy atom. The van der Waals surface area contributed by atoms with Crippen LogP contribution in [0.15, 0.2) is 24.3 Å². The van der Waals surface area contributed by atoms with Crippen molar-refractivity contribution in [2.75, 3.05) is 5.32 Å². The second-order valence-corrected chi connectivity index (χ2v) is 8.12. The third-order valence-corrected chi connectivity index (χ3v) is 5.91. The van der Waals surface area contributed by atoms with Gasteiger partial charge in [-0.1, -0.05) is 25.0 Å². The van der Waals surface area contributed by atoms with E-state index >= 15 is 0 Å². The van der Waals surface area contributed by atoms with Gasteiger partial charge in [-0.05, 0) is 50.3 Å². The van der Waals surface area contributed by atoms with Crippen molar-refractivity contribution in [3.8, 4) is 0 Å². The van der Waals surface area contributed by atoms with Crippen molar-refractivity contribution < 1.29 is 14.4 Å². The van der Waals surface area contributed by atoms with Gasteiger partial charge >= 0.3 is 0 Å². The summed E-state index contributed by atoms with van der Waals surface area (Å²) in [6.45, 7) is 1.96. The second-order valence-electron chi connectivity index (χ2n) is 8.12. The van der Waals surface area contributed by atoms with E-state index < -0.39 is 6.04 Å². The average Bonchev–Trinajstić information content (AvgIpc) is 3.47. The maximum Gasteiger partial charge on any atom is 0.243 e. The number of anilines is 1. The molecular formula is C21H27N3O3. The van der Waals surface area contributed by atoms with E-state index in [-0.39, 0.29) is 42.1 Å². The molecule has 0 spiro atoms. The molecule has 1 heterocycles. The van der Waals surface area contributed by atoms with Crippen LogP contribution < -0.4 is 10.6 Å². The van der Waals surface area contributed by atoms with Crippen LogP contribution in [0.3, 0.4) is 0 Å². The Morgan fingerprint density at radius 1 is 1.19 bits per heavy atom. The number of hydrogen-bond acceptors (Lipinski definition) is 3. The molecule has 3 fully saturated rings. The predicted octanol–water partition coefficient (Wildman–Crippen LogP) is 2.37. The van der Waals surface area contributed by atoms with Gasteiger partial charge in [0.2, 0.25) is 17.7 Å². The number of nitrogens with one attached hydrogen (secondary N) is 2. The molecule has 0 unspecified atom stereocenters. The molecule has 3 aliphatic rings. The summed E-state index contributed by atoms with van der Waals surface area (Å²) in [5.74, 6) is -0.314. The fourth-order valence-corrected chi connectivity index (χ4v) is 4.41. The van der Waals surface area contributed by atoms with Crippen molar-refractivity contribution in [2.24, 2.45) is 5.92 Å². The summed E-state index contributed by atoms with van der Waals surface area (Å²) in [7, 11) is 0. The summed E-state index contributed by atoms with van der Waals surface area (Å²) in [5, 5.41) is 5.95. The molecule has 27 heavy (non-hydrogen) atoms. The fourth-order valence-electron chi connectivity index (χ4n) is 4.41. The minimum atomic E-state index is -0.706. The monoisotopic (exact) mass is 369 g/mol. The number of carbonyl (C=O) groups is 3. The standard InChI is InChI=1S/C21H27N3O3/c1-13-5-4-6-15(11-13)22-19(25)12-18-20(26)23-16-7-2-3-8-17(16)24(18)21(27)14-9-10-14/h4-6,11,14,16-18H,2-3,7-10,12H2,1H3,(H,22,25)(H,23,26)/t16-,17+,18+/m1/s1. The van der Waals surface area contributed by atoms with Gasteiger partial charge in [0.15, 0.2) is 0 Å². The highest BCUT2D eigenvalue weighted by Crippen LogP contribution is 2.37. The molecule has 0 radical (unpaired) electrons. The Balaban J connectivity index is 1.52. The Hall–Kier alpha value is -2.37. The molecule has 0 bridgehead atoms. The van der Waals surface area contributed by atoms with E-state index in [4.69, 9.17) is 0 Å². The van der Waals surface area contributed by atoms with E-state index in [0.717, 1.165) is 44.1 Å². The van der Waals surface area contributed by atoms with Gasteiger partial charge in [-0.2, -0.15) is 0 Å². The van der Waals surface area contributed by atoms with Crippen LogP contribution in [0.5, 0.6) is 0 Å². The van der Waals surface area contributed by atoms with Gasteiger partial charge in [-0.3, -0.25) is 14.4 Å². The molecule has 1 aliphatic heterocycles. The first-order valence-electron chi connectivity index (χ1n) is 10.0. The van der Waals surface area contributed by atoms with Crippen molar-refractivity contribution in [1.82, 2.24) is 10.2 Å². The lowest BCUT2D eigenvalue weighted by atomic mass is 9.85. The summed E-state index contributed by atoms with van der Waals surface area (Å²) in [6, 6.07) is 6.92. The molecule has 3 amide bonds. The van der Waals surface area contributed by atoms with Crippen molar-refractivity contribution in [3.63, 3.8) is 0 Å². The van der Waals surface area contributed by atoms with Gasteiger partial charge in [-0.15, -0.1) is 0 Å². The van der Waals surface area contributed by atoms with Gasteiger partial charge in [0.05, 0.1) is 12.5 Å². The lowest BCUT2D eigenvalue weighted by Crippen LogP contribution is -2.68. The van der Waals surface area contributed by atoms with Crippen molar-refractivity contribution in [1.29, 1.82) is 0 Å². The minimum absolute atomic E-state index is 0.00144. The van der Waals surface area contributed by atoms with Crippen LogP contribution in [0.4, 0.5) is 5.69 Å². The molecular weight excluding hydrogens is 342 g/mol. The summed E-state index contributed by atoms with van der Waals surface area (Å²) >= 11 is 0. The molecule has 144 valence electrons. The first kappa shape index (κ1) is 18.0. The Morgan fingerprint density at radius 3 is 2.70 bits per heavy atom. The quantitative estimate of drug-likeness (QED) is 0.855. The molecule has 1 saturated heterocycles. The number of piperazine rings is 1. The molecule has 2 N–H and O–H groups in total. The average molecular weight is 369 g/mol. The SMILES string of the molecule is Cc1cccc(NC(=O)C[C@H]2C(=O)N[C@@H]3CCCC[C@@H]3N2C(=O)C2CC2)c1. The van der Waals surface area contributed by atoms with E-state index in [1.807, 2.05) is 31.2 Å². The first-order valence-corrected chi connectivity index (χ1v) is 10.0. The topological polar surface area (TPSA) is 78.5 Å². The van der Waals surface area contributed by atoms with Crippen LogP contribution in [0.1, 0.15) is 50.5 Å². The van der Waals surface area contributed by atoms with Gasteiger partial charge in [0, 0.05) is 17.6 Å². The van der Waals surface area contributed by atoms with E-state index in [1.165, 1.54) is 0 Å². The van der Waals surface area contributed by atoms with E-state index in [1.54, 1.807) is 4.90 Å². The number of rotatable bonds is 4. The van der Waals surface area contributed by atoms with Crippen LogP contribution >= 0.6 is 0 Å². The third kappa shape index (κ3) is 3.84. The maximum absolute atomic E-state index is 13.0. The van der Waals surface area contributed by atoms with E-state index in [2.05, 4.69) is 10.6 Å². The van der Waals surface area contributed by atoms with Crippen LogP contribution in [0.2, 0.25) is 0 Å². The van der Waals surface area contributed by atoms with Gasteiger partial charge in [0.1, 0.15) is 6.04 Å². The zero-order valence-electron chi connectivity index (χ0n) is 15.7. The highest BCUT2D eigenvalue weighted by molar-refractivity contribution is 5.98. The highest BCUT2D eigenvalue weighted by Gasteiger charge is 2.48. The lowest BCUT2D eigenvalue weighted by Gasteiger charge is -2.48. The molecule has 3 atom stereocenters. The Bertz CT molecular complexity index is 759. The third-order valence-electron chi connectivity index (χ3n) is 5.91. The summed E-state index contributed by atoms with van der Waals surface area (Å²) in [5.41, 5.74) is 1.77. The zero-order valence-corrected chi connectivity index (χ0v) is 15.7.